The summed E-state index contributed by atoms with van der Waals surface area (Å²) in [6.45, 7) is 4.07. The molecule has 0 saturated carbocycles. The van der Waals surface area contributed by atoms with Crippen molar-refractivity contribution in [3.8, 4) is 0 Å². The maximum absolute atomic E-state index is 13.6. The van der Waals surface area contributed by atoms with Gasteiger partial charge in [0.1, 0.15) is 0 Å². The first-order valence-corrected chi connectivity index (χ1v) is 9.37. The van der Waals surface area contributed by atoms with Gasteiger partial charge in [-0.25, -0.2) is 4.98 Å². The van der Waals surface area contributed by atoms with E-state index in [-0.39, 0.29) is 40.7 Å². The van der Waals surface area contributed by atoms with E-state index in [1.54, 1.807) is 11.0 Å². The van der Waals surface area contributed by atoms with Gasteiger partial charge in [0.15, 0.2) is 0 Å². The fraction of sp³-hybridized carbons (Fsp3) is 0.474. The highest BCUT2D eigenvalue weighted by atomic mass is 19.4. The summed E-state index contributed by atoms with van der Waals surface area (Å²) in [6.07, 6.45) is -2.71. The number of hydrogen-bond donors (Lipinski definition) is 0. The molecule has 0 N–H and O–H groups in total. The number of halogens is 3. The molecular weight excluding hydrogens is 389 g/mol. The zero-order chi connectivity index (χ0) is 20.8. The standard InChI is InChI=1S/C19H19F3N4O3/c1-3-12-8-14(28-24-12)18(27)26-6-4-5-11(9-26)16-15-13(19(20,21)22)7-10(2)23-17(15)29-25-16/h7-8,11H,3-6,9H2,1-2H3/t11-/m1/s1. The predicted molar refractivity (Wildman–Crippen MR) is 95.3 cm³/mol. The molecule has 0 unspecified atom stereocenters. The SMILES string of the molecule is CCc1cc(C(=O)N2CCC[C@@H](c3noc4nc(C)cc(C(F)(F)F)c34)C2)on1. The van der Waals surface area contributed by atoms with E-state index in [1.165, 1.54) is 6.92 Å². The molecule has 0 spiro atoms. The maximum atomic E-state index is 13.6. The number of carbonyl (C=O) groups is 1. The number of nitrogens with zero attached hydrogens (tertiary/aromatic N) is 4. The lowest BCUT2D eigenvalue weighted by molar-refractivity contribution is -0.136. The number of hydrogen-bond acceptors (Lipinski definition) is 6. The van der Waals surface area contributed by atoms with E-state index < -0.39 is 17.7 Å². The van der Waals surface area contributed by atoms with Crippen molar-refractivity contribution >= 4 is 17.0 Å². The molecule has 1 aliphatic heterocycles. The zero-order valence-electron chi connectivity index (χ0n) is 15.9. The second-order valence-corrected chi connectivity index (χ2v) is 7.18. The van der Waals surface area contributed by atoms with Crippen molar-refractivity contribution in [1.82, 2.24) is 20.2 Å². The molecule has 4 rings (SSSR count). The van der Waals surface area contributed by atoms with Gasteiger partial charge in [-0.1, -0.05) is 17.2 Å². The molecule has 7 nitrogen and oxygen atoms in total. The van der Waals surface area contributed by atoms with Crippen LogP contribution in [-0.2, 0) is 12.6 Å². The minimum absolute atomic E-state index is 0.126. The predicted octanol–water partition coefficient (Wildman–Crippen LogP) is 4.12. The molecule has 3 aromatic rings. The first-order valence-electron chi connectivity index (χ1n) is 9.37. The van der Waals surface area contributed by atoms with Gasteiger partial charge in [-0.15, -0.1) is 0 Å². The minimum Gasteiger partial charge on any atom is -0.351 e. The number of rotatable bonds is 3. The number of aryl methyl sites for hydroxylation is 2. The van der Waals surface area contributed by atoms with Gasteiger partial charge in [-0.05, 0) is 32.3 Å². The molecule has 1 saturated heterocycles. The normalized spacial score (nSPS) is 17.8. The Morgan fingerprint density at radius 3 is 2.76 bits per heavy atom. The highest BCUT2D eigenvalue weighted by Gasteiger charge is 2.38. The Morgan fingerprint density at radius 2 is 2.07 bits per heavy atom. The van der Waals surface area contributed by atoms with E-state index >= 15 is 0 Å². The lowest BCUT2D eigenvalue weighted by atomic mass is 9.91. The fourth-order valence-electron chi connectivity index (χ4n) is 3.72. The molecule has 29 heavy (non-hydrogen) atoms. The van der Waals surface area contributed by atoms with Crippen LogP contribution in [0.5, 0.6) is 0 Å². The lowest BCUT2D eigenvalue weighted by Gasteiger charge is -2.31. The first-order chi connectivity index (χ1) is 13.8. The van der Waals surface area contributed by atoms with E-state index in [1.807, 2.05) is 6.92 Å². The van der Waals surface area contributed by atoms with E-state index in [4.69, 9.17) is 9.05 Å². The van der Waals surface area contributed by atoms with Crippen LogP contribution in [0, 0.1) is 6.92 Å². The molecule has 0 bridgehead atoms. The van der Waals surface area contributed by atoms with Crippen LogP contribution < -0.4 is 0 Å². The average Bonchev–Trinajstić information content (AvgIpc) is 3.33. The summed E-state index contributed by atoms with van der Waals surface area (Å²) in [5.74, 6) is -0.603. The van der Waals surface area contributed by atoms with Crippen molar-refractivity contribution in [3.05, 3.63) is 40.5 Å². The van der Waals surface area contributed by atoms with Crippen molar-refractivity contribution in [2.24, 2.45) is 0 Å². The Labute approximate surface area is 163 Å². The Balaban J connectivity index is 1.66. The van der Waals surface area contributed by atoms with Crippen LogP contribution in [0.2, 0.25) is 0 Å². The molecule has 1 atom stereocenters. The molecule has 0 aliphatic carbocycles. The summed E-state index contributed by atoms with van der Waals surface area (Å²) in [6, 6.07) is 2.58. The summed E-state index contributed by atoms with van der Waals surface area (Å²) in [5.41, 5.74) is 0.0935. The van der Waals surface area contributed by atoms with E-state index in [0.717, 1.165) is 6.07 Å². The number of piperidine rings is 1. The van der Waals surface area contributed by atoms with Gasteiger partial charge in [-0.2, -0.15) is 13.2 Å². The minimum atomic E-state index is -4.56. The van der Waals surface area contributed by atoms with Crippen LogP contribution in [0.3, 0.4) is 0 Å². The summed E-state index contributed by atoms with van der Waals surface area (Å²) >= 11 is 0. The summed E-state index contributed by atoms with van der Waals surface area (Å²) < 4.78 is 51.0. The summed E-state index contributed by atoms with van der Waals surface area (Å²) in [4.78, 5) is 18.3. The fourth-order valence-corrected chi connectivity index (χ4v) is 3.72. The highest BCUT2D eigenvalue weighted by molar-refractivity contribution is 5.91. The van der Waals surface area contributed by atoms with Crippen molar-refractivity contribution in [2.75, 3.05) is 13.1 Å². The van der Waals surface area contributed by atoms with Crippen LogP contribution in [0.25, 0.3) is 11.1 Å². The quantitative estimate of drug-likeness (QED) is 0.648. The van der Waals surface area contributed by atoms with E-state index in [0.29, 0.717) is 31.5 Å². The number of likely N-dealkylation sites (tertiary alicyclic amines) is 1. The number of aromatic nitrogens is 3. The number of carbonyl (C=O) groups excluding carboxylic acids is 1. The molecule has 154 valence electrons. The lowest BCUT2D eigenvalue weighted by Crippen LogP contribution is -2.39. The van der Waals surface area contributed by atoms with E-state index in [9.17, 15) is 18.0 Å². The molecule has 3 aromatic heterocycles. The van der Waals surface area contributed by atoms with Crippen LogP contribution in [-0.4, -0.2) is 39.2 Å². The number of amides is 1. The second-order valence-electron chi connectivity index (χ2n) is 7.18. The molecule has 10 heteroatoms. The van der Waals surface area contributed by atoms with Crippen molar-refractivity contribution in [1.29, 1.82) is 0 Å². The Bertz CT molecular complexity index is 1060. The molecule has 0 aromatic carbocycles. The number of fused-ring (bicyclic) bond motifs is 1. The van der Waals surface area contributed by atoms with Gasteiger partial charge in [0.25, 0.3) is 11.6 Å². The van der Waals surface area contributed by atoms with Crippen LogP contribution in [0.4, 0.5) is 13.2 Å². The Hall–Kier alpha value is -2.91. The largest absolute Gasteiger partial charge is 0.417 e. The number of pyridine rings is 1. The van der Waals surface area contributed by atoms with E-state index in [2.05, 4.69) is 15.3 Å². The van der Waals surface area contributed by atoms with Gasteiger partial charge in [0.2, 0.25) is 5.76 Å². The van der Waals surface area contributed by atoms with Crippen molar-refractivity contribution < 1.29 is 27.0 Å². The monoisotopic (exact) mass is 408 g/mol. The smallest absolute Gasteiger partial charge is 0.351 e. The van der Waals surface area contributed by atoms with Gasteiger partial charge in [0.05, 0.1) is 22.3 Å². The molecule has 1 aliphatic rings. The molecular formula is C19H19F3N4O3. The van der Waals surface area contributed by atoms with Crippen molar-refractivity contribution in [2.45, 2.75) is 45.2 Å². The average molecular weight is 408 g/mol. The van der Waals surface area contributed by atoms with Gasteiger partial charge < -0.3 is 13.9 Å². The van der Waals surface area contributed by atoms with Crippen LogP contribution >= 0.6 is 0 Å². The topological polar surface area (TPSA) is 85.3 Å². The molecule has 4 heterocycles. The summed E-state index contributed by atoms with van der Waals surface area (Å²) in [5, 5.41) is 7.60. The van der Waals surface area contributed by atoms with Gasteiger partial charge in [0, 0.05) is 30.8 Å². The Morgan fingerprint density at radius 1 is 1.28 bits per heavy atom. The third-order valence-corrected chi connectivity index (χ3v) is 5.13. The third-order valence-electron chi connectivity index (χ3n) is 5.13. The Kier molecular flexibility index (Phi) is 4.79. The molecule has 0 radical (unpaired) electrons. The third kappa shape index (κ3) is 3.58. The molecule has 1 amide bonds. The molecule has 1 fully saturated rings. The zero-order valence-corrected chi connectivity index (χ0v) is 15.9. The number of alkyl halides is 3. The van der Waals surface area contributed by atoms with Gasteiger partial charge in [-0.3, -0.25) is 4.79 Å². The first kappa shape index (κ1) is 19.4. The van der Waals surface area contributed by atoms with Crippen molar-refractivity contribution in [3.63, 3.8) is 0 Å². The summed E-state index contributed by atoms with van der Waals surface area (Å²) in [7, 11) is 0. The highest BCUT2D eigenvalue weighted by Crippen LogP contribution is 2.40. The van der Waals surface area contributed by atoms with Gasteiger partial charge >= 0.3 is 6.18 Å². The maximum Gasteiger partial charge on any atom is 0.417 e. The van der Waals surface area contributed by atoms with Crippen LogP contribution in [0.15, 0.2) is 21.2 Å². The second kappa shape index (κ2) is 7.16. The van der Waals surface area contributed by atoms with Crippen LogP contribution in [0.1, 0.15) is 58.9 Å².